The number of benzene rings is 4. The molecular formula is C33H33NO4. The standard InChI is InChI=1S/C33H33NO4/c1-3-30(26-12-8-5-9-13-26)32(31-19-18-29(22-24(31)2)37-21-20-34-33(35)36)27-14-16-28(17-15-27)38-23-25-10-6-4-7-11-25/h4-19,22,34H,3,20-21,23H2,1-2H3,(H,35,36). The number of carbonyl (C=O) groups is 1. The molecule has 0 atom stereocenters. The highest BCUT2D eigenvalue weighted by Crippen LogP contribution is 2.37. The second kappa shape index (κ2) is 13.2. The fraction of sp³-hybridized carbons (Fsp3) is 0.182. The average Bonchev–Trinajstić information content (AvgIpc) is 2.95. The molecule has 0 heterocycles. The smallest absolute Gasteiger partial charge is 0.404 e. The van der Waals surface area contributed by atoms with Gasteiger partial charge in [-0.3, -0.25) is 0 Å². The van der Waals surface area contributed by atoms with Crippen LogP contribution in [0.25, 0.3) is 11.1 Å². The maximum atomic E-state index is 10.7. The number of amides is 1. The molecule has 0 aromatic heterocycles. The molecule has 4 rings (SSSR count). The van der Waals surface area contributed by atoms with E-state index in [1.54, 1.807) is 0 Å². The van der Waals surface area contributed by atoms with E-state index in [0.29, 0.717) is 12.4 Å². The normalized spacial score (nSPS) is 11.4. The lowest BCUT2D eigenvalue weighted by Gasteiger charge is -2.19. The van der Waals surface area contributed by atoms with Crippen LogP contribution in [0, 0.1) is 6.92 Å². The molecule has 5 nitrogen and oxygen atoms in total. The molecule has 0 unspecified atom stereocenters. The van der Waals surface area contributed by atoms with Crippen LogP contribution in [0.1, 0.15) is 41.2 Å². The second-order valence-corrected chi connectivity index (χ2v) is 8.93. The Kier molecular flexibility index (Phi) is 9.19. The number of carboxylic acid groups (broad SMARTS) is 1. The molecule has 1 amide bonds. The summed E-state index contributed by atoms with van der Waals surface area (Å²) in [6.07, 6.45) is -0.191. The van der Waals surface area contributed by atoms with Crippen LogP contribution in [0.3, 0.4) is 0 Å². The zero-order chi connectivity index (χ0) is 26.7. The Morgan fingerprint density at radius 2 is 1.45 bits per heavy atom. The molecule has 0 spiro atoms. The van der Waals surface area contributed by atoms with Crippen LogP contribution >= 0.6 is 0 Å². The first-order valence-electron chi connectivity index (χ1n) is 12.8. The van der Waals surface area contributed by atoms with Gasteiger partial charge in [-0.15, -0.1) is 0 Å². The molecule has 4 aromatic carbocycles. The summed E-state index contributed by atoms with van der Waals surface area (Å²) in [4.78, 5) is 10.7. The quantitative estimate of drug-likeness (QED) is 0.162. The van der Waals surface area contributed by atoms with E-state index in [2.05, 4.69) is 73.8 Å². The Morgan fingerprint density at radius 1 is 0.789 bits per heavy atom. The third-order valence-corrected chi connectivity index (χ3v) is 6.28. The van der Waals surface area contributed by atoms with Crippen molar-refractivity contribution >= 4 is 17.2 Å². The van der Waals surface area contributed by atoms with Crippen molar-refractivity contribution in [1.82, 2.24) is 5.32 Å². The molecule has 0 saturated carbocycles. The van der Waals surface area contributed by atoms with Crippen molar-refractivity contribution in [2.45, 2.75) is 26.9 Å². The first-order chi connectivity index (χ1) is 18.5. The molecule has 0 aliphatic heterocycles. The predicted octanol–water partition coefficient (Wildman–Crippen LogP) is 7.59. The fourth-order valence-electron chi connectivity index (χ4n) is 4.45. The molecule has 2 N–H and O–H groups in total. The predicted molar refractivity (Wildman–Crippen MR) is 153 cm³/mol. The van der Waals surface area contributed by atoms with Crippen LogP contribution in [0.4, 0.5) is 4.79 Å². The Labute approximate surface area is 224 Å². The van der Waals surface area contributed by atoms with Gasteiger partial charge in [0.15, 0.2) is 0 Å². The van der Waals surface area contributed by atoms with Gasteiger partial charge in [-0.2, -0.15) is 0 Å². The minimum absolute atomic E-state index is 0.230. The largest absolute Gasteiger partial charge is 0.492 e. The second-order valence-electron chi connectivity index (χ2n) is 8.93. The summed E-state index contributed by atoms with van der Waals surface area (Å²) in [7, 11) is 0. The maximum Gasteiger partial charge on any atom is 0.404 e. The van der Waals surface area contributed by atoms with Gasteiger partial charge in [0.2, 0.25) is 0 Å². The van der Waals surface area contributed by atoms with Gasteiger partial charge in [0.1, 0.15) is 24.7 Å². The topological polar surface area (TPSA) is 67.8 Å². The lowest BCUT2D eigenvalue weighted by Crippen LogP contribution is -2.26. The molecule has 0 bridgehead atoms. The SMILES string of the molecule is CCC(=C(c1ccc(OCc2ccccc2)cc1)c1ccc(OCCNC(=O)O)cc1C)c1ccccc1. The number of nitrogens with one attached hydrogen (secondary N) is 1. The Hall–Kier alpha value is -4.51. The van der Waals surface area contributed by atoms with E-state index in [4.69, 9.17) is 14.6 Å². The lowest BCUT2D eigenvalue weighted by molar-refractivity contribution is 0.191. The van der Waals surface area contributed by atoms with Crippen molar-refractivity contribution < 1.29 is 19.4 Å². The average molecular weight is 508 g/mol. The number of hydrogen-bond donors (Lipinski definition) is 2. The molecule has 194 valence electrons. The van der Waals surface area contributed by atoms with E-state index in [9.17, 15) is 4.79 Å². The Morgan fingerprint density at radius 3 is 2.08 bits per heavy atom. The Balaban J connectivity index is 1.65. The summed E-state index contributed by atoms with van der Waals surface area (Å²) in [5, 5.41) is 11.1. The highest BCUT2D eigenvalue weighted by atomic mass is 16.5. The molecule has 0 fully saturated rings. The van der Waals surface area contributed by atoms with Crippen molar-refractivity contribution in [3.8, 4) is 11.5 Å². The highest BCUT2D eigenvalue weighted by molar-refractivity contribution is 5.99. The summed E-state index contributed by atoms with van der Waals surface area (Å²) >= 11 is 0. The highest BCUT2D eigenvalue weighted by Gasteiger charge is 2.16. The number of ether oxygens (including phenoxy) is 2. The molecule has 0 aliphatic carbocycles. The zero-order valence-corrected chi connectivity index (χ0v) is 21.8. The molecule has 4 aromatic rings. The van der Waals surface area contributed by atoms with Crippen LogP contribution in [0.5, 0.6) is 11.5 Å². The van der Waals surface area contributed by atoms with E-state index in [-0.39, 0.29) is 13.2 Å². The van der Waals surface area contributed by atoms with Crippen LogP contribution in [-0.2, 0) is 6.61 Å². The van der Waals surface area contributed by atoms with Gasteiger partial charge >= 0.3 is 6.09 Å². The molecule has 5 heteroatoms. The maximum absolute atomic E-state index is 10.7. The first kappa shape index (κ1) is 26.6. The van der Waals surface area contributed by atoms with Gasteiger partial charge in [-0.25, -0.2) is 4.79 Å². The van der Waals surface area contributed by atoms with Gasteiger partial charge in [0, 0.05) is 0 Å². The van der Waals surface area contributed by atoms with E-state index in [1.165, 1.54) is 16.7 Å². The molecular weight excluding hydrogens is 474 g/mol. The van der Waals surface area contributed by atoms with Crippen molar-refractivity contribution in [2.24, 2.45) is 0 Å². The number of aryl methyl sites for hydroxylation is 1. The van der Waals surface area contributed by atoms with Crippen LogP contribution in [0.15, 0.2) is 103 Å². The van der Waals surface area contributed by atoms with E-state index < -0.39 is 6.09 Å². The van der Waals surface area contributed by atoms with Crippen molar-refractivity contribution in [2.75, 3.05) is 13.2 Å². The number of rotatable bonds is 11. The molecule has 0 aliphatic rings. The lowest BCUT2D eigenvalue weighted by atomic mass is 9.86. The molecule has 0 radical (unpaired) electrons. The summed E-state index contributed by atoms with van der Waals surface area (Å²) in [5.41, 5.74) is 8.06. The van der Waals surface area contributed by atoms with Crippen molar-refractivity contribution in [3.05, 3.63) is 131 Å². The van der Waals surface area contributed by atoms with Crippen molar-refractivity contribution in [1.29, 1.82) is 0 Å². The van der Waals surface area contributed by atoms with E-state index in [1.807, 2.05) is 48.5 Å². The van der Waals surface area contributed by atoms with Crippen LogP contribution in [-0.4, -0.2) is 24.4 Å². The van der Waals surface area contributed by atoms with Gasteiger partial charge in [-0.05, 0) is 76.6 Å². The monoisotopic (exact) mass is 507 g/mol. The number of allylic oxidation sites excluding steroid dienone is 1. The minimum Gasteiger partial charge on any atom is -0.492 e. The van der Waals surface area contributed by atoms with E-state index in [0.717, 1.165) is 34.4 Å². The summed E-state index contributed by atoms with van der Waals surface area (Å²) in [6.45, 7) is 5.28. The van der Waals surface area contributed by atoms with Gasteiger partial charge in [-0.1, -0.05) is 85.8 Å². The van der Waals surface area contributed by atoms with Gasteiger partial charge in [0.25, 0.3) is 0 Å². The van der Waals surface area contributed by atoms with Gasteiger partial charge < -0.3 is 19.9 Å². The van der Waals surface area contributed by atoms with Crippen molar-refractivity contribution in [3.63, 3.8) is 0 Å². The molecule has 0 saturated heterocycles. The fourth-order valence-corrected chi connectivity index (χ4v) is 4.45. The van der Waals surface area contributed by atoms with E-state index >= 15 is 0 Å². The first-order valence-corrected chi connectivity index (χ1v) is 12.8. The Bertz CT molecular complexity index is 1360. The van der Waals surface area contributed by atoms with Gasteiger partial charge in [0.05, 0.1) is 6.54 Å². The van der Waals surface area contributed by atoms with Crippen LogP contribution in [0.2, 0.25) is 0 Å². The molecule has 38 heavy (non-hydrogen) atoms. The third kappa shape index (κ3) is 7.04. The summed E-state index contributed by atoms with van der Waals surface area (Å²) in [5.74, 6) is 1.53. The zero-order valence-electron chi connectivity index (χ0n) is 21.8. The summed E-state index contributed by atoms with van der Waals surface area (Å²) < 4.78 is 11.8. The summed E-state index contributed by atoms with van der Waals surface area (Å²) in [6, 6.07) is 34.9. The number of hydrogen-bond acceptors (Lipinski definition) is 3. The third-order valence-electron chi connectivity index (χ3n) is 6.28. The van der Waals surface area contributed by atoms with Crippen LogP contribution < -0.4 is 14.8 Å². The minimum atomic E-state index is -1.06.